The van der Waals surface area contributed by atoms with Crippen molar-refractivity contribution in [1.29, 1.82) is 0 Å². The fourth-order valence-corrected chi connectivity index (χ4v) is 6.57. The number of nitrogens with zero attached hydrogens (tertiary/aromatic N) is 1. The molecule has 1 heterocycles. The maximum absolute atomic E-state index is 10.0. The summed E-state index contributed by atoms with van der Waals surface area (Å²) < 4.78 is 6.30. The second-order valence-corrected chi connectivity index (χ2v) is 10.3. The van der Waals surface area contributed by atoms with E-state index in [0.717, 1.165) is 18.6 Å². The van der Waals surface area contributed by atoms with Gasteiger partial charge in [0.25, 0.3) is 0 Å². The van der Waals surface area contributed by atoms with Crippen molar-refractivity contribution in [1.82, 2.24) is 4.90 Å². The molecule has 0 aromatic heterocycles. The smallest absolute Gasteiger partial charge is 0.119 e. The Morgan fingerprint density at radius 1 is 0.906 bits per heavy atom. The van der Waals surface area contributed by atoms with Crippen LogP contribution in [-0.2, 0) is 6.42 Å². The van der Waals surface area contributed by atoms with Gasteiger partial charge in [0.15, 0.2) is 0 Å². The highest BCUT2D eigenvalue weighted by atomic mass is 16.5. The molecular weight excluding hydrogens is 394 g/mol. The van der Waals surface area contributed by atoms with E-state index in [1.807, 2.05) is 12.1 Å². The fourth-order valence-electron chi connectivity index (χ4n) is 6.57. The first-order valence-corrected chi connectivity index (χ1v) is 11.9. The molecule has 32 heavy (non-hydrogen) atoms. The lowest BCUT2D eigenvalue weighted by molar-refractivity contribution is -0.109. The van der Waals surface area contributed by atoms with Crippen LogP contribution >= 0.6 is 0 Å². The van der Waals surface area contributed by atoms with Gasteiger partial charge in [0, 0.05) is 24.4 Å². The highest BCUT2D eigenvalue weighted by Gasteiger charge is 2.52. The summed E-state index contributed by atoms with van der Waals surface area (Å²) in [5.41, 5.74) is 5.87. The summed E-state index contributed by atoms with van der Waals surface area (Å²) in [5, 5.41) is 10.0. The molecule has 1 saturated carbocycles. The molecular formula is C29H31NO2. The monoisotopic (exact) mass is 425 g/mol. The van der Waals surface area contributed by atoms with Crippen LogP contribution in [0.15, 0.2) is 72.8 Å². The topological polar surface area (TPSA) is 32.7 Å². The summed E-state index contributed by atoms with van der Waals surface area (Å²) in [5.74, 6) is 2.06. The Bertz CT molecular complexity index is 1090. The van der Waals surface area contributed by atoms with Gasteiger partial charge in [-0.2, -0.15) is 0 Å². The lowest BCUT2D eigenvalue weighted by Crippen LogP contribution is -2.63. The van der Waals surface area contributed by atoms with Crippen molar-refractivity contribution in [3.8, 4) is 11.5 Å². The summed E-state index contributed by atoms with van der Waals surface area (Å²) in [4.78, 5) is 2.40. The van der Waals surface area contributed by atoms with Crippen LogP contribution < -0.4 is 4.74 Å². The van der Waals surface area contributed by atoms with Crippen LogP contribution in [0.2, 0.25) is 0 Å². The molecule has 2 atom stereocenters. The number of phenolic OH excluding ortho intramolecular Hbond substituents is 1. The maximum atomic E-state index is 10.0. The Labute approximate surface area is 190 Å². The van der Waals surface area contributed by atoms with Gasteiger partial charge in [-0.05, 0) is 85.2 Å². The lowest BCUT2D eigenvalue weighted by Gasteiger charge is -2.57. The quantitative estimate of drug-likeness (QED) is 0.580. The predicted molar refractivity (Wildman–Crippen MR) is 127 cm³/mol. The molecule has 3 aromatic carbocycles. The first-order valence-electron chi connectivity index (χ1n) is 11.9. The van der Waals surface area contributed by atoms with E-state index in [1.54, 1.807) is 0 Å². The molecule has 164 valence electrons. The second-order valence-electron chi connectivity index (χ2n) is 10.3. The van der Waals surface area contributed by atoms with Crippen molar-refractivity contribution in [3.63, 3.8) is 0 Å². The number of likely N-dealkylation sites (tertiary alicyclic amines) is 1. The van der Waals surface area contributed by atoms with E-state index in [0.29, 0.717) is 23.2 Å². The average Bonchev–Trinajstić information content (AvgIpc) is 2.77. The van der Waals surface area contributed by atoms with Gasteiger partial charge >= 0.3 is 0 Å². The fraction of sp³-hybridized carbons (Fsp3) is 0.379. The molecule has 1 saturated heterocycles. The van der Waals surface area contributed by atoms with Gasteiger partial charge < -0.3 is 14.7 Å². The summed E-state index contributed by atoms with van der Waals surface area (Å²) in [7, 11) is 2.20. The van der Waals surface area contributed by atoms with Crippen LogP contribution in [0.5, 0.6) is 11.5 Å². The van der Waals surface area contributed by atoms with Crippen LogP contribution in [0.25, 0.3) is 0 Å². The van der Waals surface area contributed by atoms with Gasteiger partial charge in [0.2, 0.25) is 0 Å². The molecule has 0 amide bonds. The Morgan fingerprint density at radius 2 is 1.66 bits per heavy atom. The number of aryl methyl sites for hydroxylation is 1. The van der Waals surface area contributed by atoms with Gasteiger partial charge in [0.1, 0.15) is 11.5 Å². The SMILES string of the molecule is CN1CC2(CC(Oc3ccc(C4c5ccc(O)cc5CCC4c4ccccc4)cc3)C2)C1. The Hall–Kier alpha value is -2.78. The molecule has 1 aliphatic heterocycles. The normalized spacial score (nSPS) is 24.4. The molecule has 2 aliphatic carbocycles. The van der Waals surface area contributed by atoms with E-state index in [-0.39, 0.29) is 5.92 Å². The Morgan fingerprint density at radius 3 is 2.38 bits per heavy atom. The van der Waals surface area contributed by atoms with E-state index in [4.69, 9.17) is 4.74 Å². The van der Waals surface area contributed by atoms with E-state index in [9.17, 15) is 5.11 Å². The van der Waals surface area contributed by atoms with Gasteiger partial charge in [0.05, 0.1) is 6.10 Å². The number of aromatic hydroxyl groups is 1. The van der Waals surface area contributed by atoms with E-state index in [1.165, 1.54) is 48.2 Å². The minimum atomic E-state index is 0.285. The number of fused-ring (bicyclic) bond motifs is 1. The van der Waals surface area contributed by atoms with Crippen LogP contribution in [0.4, 0.5) is 0 Å². The van der Waals surface area contributed by atoms with Crippen molar-refractivity contribution in [2.75, 3.05) is 20.1 Å². The van der Waals surface area contributed by atoms with Crippen LogP contribution in [0.1, 0.15) is 53.4 Å². The first-order chi connectivity index (χ1) is 15.6. The molecule has 0 radical (unpaired) electrons. The molecule has 2 fully saturated rings. The molecule has 3 aliphatic rings. The molecule has 3 nitrogen and oxygen atoms in total. The molecule has 1 N–H and O–H groups in total. The highest BCUT2D eigenvalue weighted by molar-refractivity contribution is 5.48. The number of hydrogen-bond donors (Lipinski definition) is 1. The second kappa shape index (κ2) is 7.67. The number of hydrogen-bond acceptors (Lipinski definition) is 3. The van der Waals surface area contributed by atoms with E-state index < -0.39 is 0 Å². The third kappa shape index (κ3) is 3.49. The number of benzene rings is 3. The molecule has 3 aromatic rings. The minimum Gasteiger partial charge on any atom is -0.508 e. The van der Waals surface area contributed by atoms with Gasteiger partial charge in [-0.25, -0.2) is 0 Å². The zero-order chi connectivity index (χ0) is 21.7. The van der Waals surface area contributed by atoms with Gasteiger partial charge in [-0.3, -0.25) is 0 Å². The Balaban J connectivity index is 1.25. The summed E-state index contributed by atoms with van der Waals surface area (Å²) in [6.45, 7) is 2.45. The third-order valence-electron chi connectivity index (χ3n) is 7.89. The number of phenols is 1. The molecule has 3 heteroatoms. The van der Waals surface area contributed by atoms with Gasteiger partial charge in [-0.1, -0.05) is 48.5 Å². The standard InChI is InChI=1S/C29H31NO2/c1-30-18-29(19-30)16-25(17-29)32-24-11-7-21(8-12-24)28-26(20-5-3-2-4-6-20)13-9-22-15-23(31)10-14-27(22)28/h2-8,10-12,14-15,25-26,28,31H,9,13,16-19H2,1H3. The van der Waals surface area contributed by atoms with E-state index >= 15 is 0 Å². The highest BCUT2D eigenvalue weighted by Crippen LogP contribution is 2.50. The average molecular weight is 426 g/mol. The predicted octanol–water partition coefficient (Wildman–Crippen LogP) is 5.73. The van der Waals surface area contributed by atoms with Crippen LogP contribution in [0, 0.1) is 5.41 Å². The minimum absolute atomic E-state index is 0.285. The summed E-state index contributed by atoms with van der Waals surface area (Å²) >= 11 is 0. The zero-order valence-corrected chi connectivity index (χ0v) is 18.7. The number of ether oxygens (including phenoxy) is 1. The third-order valence-corrected chi connectivity index (χ3v) is 7.89. The summed E-state index contributed by atoms with van der Waals surface area (Å²) in [6, 6.07) is 25.6. The van der Waals surface area contributed by atoms with E-state index in [2.05, 4.69) is 72.6 Å². The summed E-state index contributed by atoms with van der Waals surface area (Å²) in [6.07, 6.45) is 4.83. The van der Waals surface area contributed by atoms with Crippen LogP contribution in [0.3, 0.4) is 0 Å². The molecule has 1 spiro atoms. The maximum Gasteiger partial charge on any atom is 0.119 e. The van der Waals surface area contributed by atoms with Crippen molar-refractivity contribution in [2.45, 2.75) is 43.6 Å². The Kier molecular flexibility index (Phi) is 4.76. The molecule has 0 bridgehead atoms. The zero-order valence-electron chi connectivity index (χ0n) is 18.7. The van der Waals surface area contributed by atoms with Crippen molar-refractivity contribution < 1.29 is 9.84 Å². The van der Waals surface area contributed by atoms with Crippen LogP contribution in [-0.4, -0.2) is 36.2 Å². The lowest BCUT2D eigenvalue weighted by atomic mass is 9.62. The van der Waals surface area contributed by atoms with Crippen molar-refractivity contribution in [2.24, 2.45) is 5.41 Å². The molecule has 6 rings (SSSR count). The largest absolute Gasteiger partial charge is 0.508 e. The van der Waals surface area contributed by atoms with Crippen molar-refractivity contribution in [3.05, 3.63) is 95.1 Å². The first kappa shape index (κ1) is 19.9. The van der Waals surface area contributed by atoms with Gasteiger partial charge in [-0.15, -0.1) is 0 Å². The van der Waals surface area contributed by atoms with Crippen molar-refractivity contribution >= 4 is 0 Å². The number of rotatable bonds is 4. The molecule has 2 unspecified atom stereocenters.